The van der Waals surface area contributed by atoms with Gasteiger partial charge in [0.25, 0.3) is 5.91 Å². The molecule has 1 aromatic rings. The van der Waals surface area contributed by atoms with Gasteiger partial charge in [0.2, 0.25) is 15.9 Å². The van der Waals surface area contributed by atoms with Gasteiger partial charge in [-0.1, -0.05) is 11.6 Å². The third-order valence-electron chi connectivity index (χ3n) is 3.88. The number of halogens is 1. The van der Waals surface area contributed by atoms with Crippen LogP contribution in [-0.2, 0) is 14.8 Å². The van der Waals surface area contributed by atoms with E-state index >= 15 is 0 Å². The summed E-state index contributed by atoms with van der Waals surface area (Å²) in [5.74, 6) is 0.223. The average molecular weight is 434 g/mol. The fraction of sp³-hybridized carbons (Fsp3) is 0.529. The number of hydrogen-bond donors (Lipinski definition) is 1. The lowest BCUT2D eigenvalue weighted by Gasteiger charge is -2.28. The van der Waals surface area contributed by atoms with Crippen LogP contribution in [0.3, 0.4) is 0 Å². The molecule has 2 amide bonds. The minimum Gasteiger partial charge on any atom is -0.350 e. The molecule has 0 saturated carbocycles. The summed E-state index contributed by atoms with van der Waals surface area (Å²) in [6, 6.07) is 3.52. The molecule has 0 spiro atoms. The highest BCUT2D eigenvalue weighted by atomic mass is 35.5. The Hall–Kier alpha value is -1.29. The summed E-state index contributed by atoms with van der Waals surface area (Å²) in [5, 5.41) is 2.93. The number of rotatable bonds is 4. The van der Waals surface area contributed by atoms with Gasteiger partial charge in [-0.15, -0.1) is 11.8 Å². The first-order valence-electron chi connectivity index (χ1n) is 8.27. The number of thioether (sulfide) groups is 1. The van der Waals surface area contributed by atoms with Gasteiger partial charge >= 0.3 is 0 Å². The maximum Gasteiger partial charge on any atom is 0.255 e. The zero-order valence-electron chi connectivity index (χ0n) is 15.9. The lowest BCUT2D eigenvalue weighted by molar-refractivity contribution is -0.125. The predicted octanol–water partition coefficient (Wildman–Crippen LogP) is 2.02. The Balaban J connectivity index is 2.33. The summed E-state index contributed by atoms with van der Waals surface area (Å²) >= 11 is 7.52. The first-order chi connectivity index (χ1) is 12.3. The van der Waals surface area contributed by atoms with Gasteiger partial charge in [0, 0.05) is 31.0 Å². The first-order valence-corrected chi connectivity index (χ1v) is 11.2. The van der Waals surface area contributed by atoms with Crippen LogP contribution in [0, 0.1) is 0 Å². The molecule has 0 aliphatic carbocycles. The van der Waals surface area contributed by atoms with Crippen molar-refractivity contribution in [1.82, 2.24) is 14.5 Å². The van der Waals surface area contributed by atoms with Crippen molar-refractivity contribution in [3.63, 3.8) is 0 Å². The van der Waals surface area contributed by atoms with E-state index in [1.165, 1.54) is 49.0 Å². The first kappa shape index (κ1) is 22.0. The molecule has 1 aromatic carbocycles. The van der Waals surface area contributed by atoms with Crippen molar-refractivity contribution >= 4 is 45.2 Å². The Morgan fingerprint density at radius 1 is 1.30 bits per heavy atom. The molecule has 10 heteroatoms. The van der Waals surface area contributed by atoms with Gasteiger partial charge in [-0.05, 0) is 39.0 Å². The summed E-state index contributed by atoms with van der Waals surface area (Å²) in [6.07, 6.45) is 0. The third kappa shape index (κ3) is 4.96. The number of nitrogens with zero attached hydrogens (tertiary/aromatic N) is 2. The molecular formula is C17H24ClN3O4S2. The highest BCUT2D eigenvalue weighted by Gasteiger charge is 2.36. The monoisotopic (exact) mass is 433 g/mol. The number of amides is 2. The molecule has 150 valence electrons. The van der Waals surface area contributed by atoms with Crippen LogP contribution in [0.4, 0.5) is 0 Å². The maximum atomic E-state index is 13.0. The van der Waals surface area contributed by atoms with E-state index in [0.717, 1.165) is 4.31 Å². The fourth-order valence-electron chi connectivity index (χ4n) is 2.51. The van der Waals surface area contributed by atoms with E-state index < -0.39 is 27.5 Å². The molecule has 0 radical (unpaired) electrons. The Morgan fingerprint density at radius 2 is 1.93 bits per heavy atom. The van der Waals surface area contributed by atoms with Crippen molar-refractivity contribution in [1.29, 1.82) is 0 Å². The second-order valence-electron chi connectivity index (χ2n) is 7.46. The second-order valence-corrected chi connectivity index (χ2v) is 11.0. The van der Waals surface area contributed by atoms with E-state index in [9.17, 15) is 18.0 Å². The van der Waals surface area contributed by atoms with Gasteiger partial charge in [-0.3, -0.25) is 9.59 Å². The largest absolute Gasteiger partial charge is 0.350 e. The summed E-state index contributed by atoms with van der Waals surface area (Å²) in [7, 11) is -1.01. The number of carbonyl (C=O) groups excluding carboxylic acids is 2. The Bertz CT molecular complexity index is 850. The zero-order chi connectivity index (χ0) is 20.6. The number of benzene rings is 1. The quantitative estimate of drug-likeness (QED) is 0.784. The number of sulfonamides is 1. The van der Waals surface area contributed by atoms with Gasteiger partial charge in [0.15, 0.2) is 0 Å². The summed E-state index contributed by atoms with van der Waals surface area (Å²) in [4.78, 5) is 26.8. The van der Waals surface area contributed by atoms with E-state index in [2.05, 4.69) is 5.32 Å². The van der Waals surface area contributed by atoms with E-state index in [1.54, 1.807) is 0 Å². The van der Waals surface area contributed by atoms with Gasteiger partial charge in [0.1, 0.15) is 10.9 Å². The molecular weight excluding hydrogens is 410 g/mol. The van der Waals surface area contributed by atoms with E-state index in [0.29, 0.717) is 11.6 Å². The van der Waals surface area contributed by atoms with Crippen molar-refractivity contribution in [2.75, 3.05) is 25.7 Å². The van der Waals surface area contributed by atoms with Gasteiger partial charge in [-0.25, -0.2) is 12.7 Å². The van der Waals surface area contributed by atoms with Crippen LogP contribution >= 0.6 is 23.4 Å². The number of carbonyl (C=O) groups is 2. The molecule has 1 saturated heterocycles. The Kier molecular flexibility index (Phi) is 6.51. The van der Waals surface area contributed by atoms with Crippen LogP contribution in [0.15, 0.2) is 23.1 Å². The van der Waals surface area contributed by atoms with Crippen molar-refractivity contribution in [3.8, 4) is 0 Å². The average Bonchev–Trinajstić information content (AvgIpc) is 3.02. The van der Waals surface area contributed by atoms with Crippen LogP contribution in [0.5, 0.6) is 0 Å². The molecule has 2 rings (SSSR count). The zero-order valence-corrected chi connectivity index (χ0v) is 18.3. The topological polar surface area (TPSA) is 86.8 Å². The second kappa shape index (κ2) is 7.98. The van der Waals surface area contributed by atoms with Gasteiger partial charge < -0.3 is 10.2 Å². The minimum atomic E-state index is -3.79. The summed E-state index contributed by atoms with van der Waals surface area (Å²) in [5.41, 5.74) is -0.234. The lowest BCUT2D eigenvalue weighted by Crippen LogP contribution is -2.52. The van der Waals surface area contributed by atoms with Crippen molar-refractivity contribution in [2.45, 2.75) is 37.2 Å². The summed E-state index contributed by atoms with van der Waals surface area (Å²) < 4.78 is 25.9. The lowest BCUT2D eigenvalue weighted by atomic mass is 10.1. The molecule has 1 unspecified atom stereocenters. The van der Waals surface area contributed by atoms with Crippen LogP contribution in [-0.4, -0.2) is 66.7 Å². The molecule has 1 aliphatic rings. The SMILES string of the molecule is CN(C)S(=O)(=O)c1cc(C(=O)N2CSCC2C(=O)NC(C)(C)C)ccc1Cl. The molecule has 27 heavy (non-hydrogen) atoms. The highest BCUT2D eigenvalue weighted by molar-refractivity contribution is 7.99. The van der Waals surface area contributed by atoms with Crippen LogP contribution in [0.1, 0.15) is 31.1 Å². The third-order valence-corrected chi connectivity index (χ3v) is 7.19. The number of hydrogen-bond acceptors (Lipinski definition) is 5. The summed E-state index contributed by atoms with van der Waals surface area (Å²) in [6.45, 7) is 5.62. The highest BCUT2D eigenvalue weighted by Crippen LogP contribution is 2.28. The molecule has 1 fully saturated rings. The van der Waals surface area contributed by atoms with Gasteiger partial charge in [0.05, 0.1) is 10.9 Å². The molecule has 0 aromatic heterocycles. The van der Waals surface area contributed by atoms with E-state index in [-0.39, 0.29) is 21.4 Å². The van der Waals surface area contributed by atoms with Crippen molar-refractivity contribution < 1.29 is 18.0 Å². The Morgan fingerprint density at radius 3 is 2.48 bits per heavy atom. The molecule has 0 bridgehead atoms. The molecule has 1 heterocycles. The standard InChI is InChI=1S/C17H24ClN3O4S2/c1-17(2,3)19-15(22)13-9-26-10-21(13)16(23)11-6-7-12(18)14(8-11)27(24,25)20(4)5/h6-8,13H,9-10H2,1-5H3,(H,19,22). The smallest absolute Gasteiger partial charge is 0.255 e. The molecule has 1 aliphatic heterocycles. The normalized spacial score (nSPS) is 18.0. The molecule has 1 atom stereocenters. The van der Waals surface area contributed by atoms with Crippen LogP contribution in [0.2, 0.25) is 5.02 Å². The minimum absolute atomic E-state index is 0.0399. The van der Waals surface area contributed by atoms with Gasteiger partial charge in [-0.2, -0.15) is 0 Å². The fourth-order valence-corrected chi connectivity index (χ4v) is 5.06. The molecule has 1 N–H and O–H groups in total. The van der Waals surface area contributed by atoms with E-state index in [4.69, 9.17) is 11.6 Å². The van der Waals surface area contributed by atoms with Crippen molar-refractivity contribution in [2.24, 2.45) is 0 Å². The number of nitrogens with one attached hydrogen (secondary N) is 1. The van der Waals surface area contributed by atoms with Crippen LogP contribution < -0.4 is 5.32 Å². The Labute approximate surface area is 169 Å². The van der Waals surface area contributed by atoms with E-state index in [1.807, 2.05) is 20.8 Å². The van der Waals surface area contributed by atoms with Crippen molar-refractivity contribution in [3.05, 3.63) is 28.8 Å². The molecule has 7 nitrogen and oxygen atoms in total. The van der Waals surface area contributed by atoms with Crippen LogP contribution in [0.25, 0.3) is 0 Å². The predicted molar refractivity (Wildman–Crippen MR) is 108 cm³/mol. The maximum absolute atomic E-state index is 13.0.